The van der Waals surface area contributed by atoms with Gasteiger partial charge in [0.1, 0.15) is 23.3 Å². The second kappa shape index (κ2) is 10.6. The highest BCUT2D eigenvalue weighted by Crippen LogP contribution is 2.33. The SMILES string of the molecule is COCCOc1nc(N)c2c(n1)N(Cc1cnc(OCCCN(C)C)c(Cl)c1)C(=O)C2. The fourth-order valence-electron chi connectivity index (χ4n) is 3.06. The van der Waals surface area contributed by atoms with Crippen LogP contribution in [-0.4, -0.2) is 73.3 Å². The number of anilines is 2. The molecule has 0 saturated carbocycles. The molecule has 2 aromatic heterocycles. The van der Waals surface area contributed by atoms with Gasteiger partial charge in [-0.3, -0.25) is 9.69 Å². The number of aromatic nitrogens is 3. The molecule has 0 radical (unpaired) electrons. The number of nitrogen functional groups attached to an aromatic ring is 1. The third kappa shape index (κ3) is 5.93. The molecule has 0 spiro atoms. The summed E-state index contributed by atoms with van der Waals surface area (Å²) in [6.45, 7) is 2.33. The second-order valence-corrected chi connectivity index (χ2v) is 7.73. The third-order valence-electron chi connectivity index (χ3n) is 4.59. The van der Waals surface area contributed by atoms with E-state index in [9.17, 15) is 4.79 Å². The van der Waals surface area contributed by atoms with Crippen molar-refractivity contribution in [1.29, 1.82) is 0 Å². The van der Waals surface area contributed by atoms with Gasteiger partial charge >= 0.3 is 6.01 Å². The molecule has 2 N–H and O–H groups in total. The van der Waals surface area contributed by atoms with Crippen LogP contribution in [0.5, 0.6) is 11.9 Å². The molecule has 0 bridgehead atoms. The Labute approximate surface area is 186 Å². The number of methoxy groups -OCH3 is 1. The summed E-state index contributed by atoms with van der Waals surface area (Å²) in [5, 5.41) is 0.389. The number of hydrogen-bond donors (Lipinski definition) is 1. The first kappa shape index (κ1) is 23.0. The number of hydrogen-bond acceptors (Lipinski definition) is 9. The molecular formula is C20H27ClN6O4. The molecule has 0 atom stereocenters. The van der Waals surface area contributed by atoms with Gasteiger partial charge < -0.3 is 24.8 Å². The largest absolute Gasteiger partial charge is 0.477 e. The molecule has 0 saturated heterocycles. The van der Waals surface area contributed by atoms with Crippen LogP contribution >= 0.6 is 11.6 Å². The minimum absolute atomic E-state index is 0.102. The Morgan fingerprint density at radius 2 is 2.03 bits per heavy atom. The average Bonchev–Trinajstić information content (AvgIpc) is 3.03. The standard InChI is InChI=1S/C20H27ClN6O4/c1-26(2)5-4-6-30-19-15(21)9-13(11-23-19)12-27-16(28)10-14-17(22)24-20(25-18(14)27)31-8-7-29-3/h9,11H,4-8,10,12H2,1-3H3,(H2,22,24,25). The van der Waals surface area contributed by atoms with Crippen LogP contribution in [0, 0.1) is 0 Å². The first-order valence-corrected chi connectivity index (χ1v) is 10.3. The zero-order chi connectivity index (χ0) is 22.4. The lowest BCUT2D eigenvalue weighted by Crippen LogP contribution is -2.27. The maximum Gasteiger partial charge on any atom is 0.320 e. The minimum Gasteiger partial charge on any atom is -0.477 e. The normalized spacial score (nSPS) is 13.1. The molecule has 0 unspecified atom stereocenters. The maximum atomic E-state index is 12.6. The number of halogens is 1. The van der Waals surface area contributed by atoms with Gasteiger partial charge in [-0.05, 0) is 32.1 Å². The number of nitrogens with zero attached hydrogens (tertiary/aromatic N) is 5. The van der Waals surface area contributed by atoms with E-state index < -0.39 is 0 Å². The maximum absolute atomic E-state index is 12.6. The molecule has 168 valence electrons. The predicted octanol–water partition coefficient (Wildman–Crippen LogP) is 1.55. The number of rotatable bonds is 11. The van der Waals surface area contributed by atoms with Crippen LogP contribution in [0.25, 0.3) is 0 Å². The lowest BCUT2D eigenvalue weighted by Gasteiger charge is -2.18. The predicted molar refractivity (Wildman–Crippen MR) is 117 cm³/mol. The Balaban J connectivity index is 1.70. The van der Waals surface area contributed by atoms with Gasteiger partial charge in [0.25, 0.3) is 0 Å². The topological polar surface area (TPSA) is 116 Å². The zero-order valence-corrected chi connectivity index (χ0v) is 18.7. The summed E-state index contributed by atoms with van der Waals surface area (Å²) in [7, 11) is 5.58. The Hall–Kier alpha value is -2.69. The summed E-state index contributed by atoms with van der Waals surface area (Å²) in [4.78, 5) is 29.0. The van der Waals surface area contributed by atoms with E-state index in [0.717, 1.165) is 18.5 Å². The molecule has 1 aliphatic rings. The summed E-state index contributed by atoms with van der Waals surface area (Å²) in [5.74, 6) is 0.902. The lowest BCUT2D eigenvalue weighted by molar-refractivity contribution is -0.117. The van der Waals surface area contributed by atoms with E-state index in [1.54, 1.807) is 19.4 Å². The summed E-state index contributed by atoms with van der Waals surface area (Å²) in [6, 6.07) is 1.84. The van der Waals surface area contributed by atoms with Crippen LogP contribution in [0.15, 0.2) is 12.3 Å². The van der Waals surface area contributed by atoms with Gasteiger partial charge in [-0.25, -0.2) is 4.98 Å². The summed E-state index contributed by atoms with van der Waals surface area (Å²) in [6.07, 6.45) is 2.63. The lowest BCUT2D eigenvalue weighted by atomic mass is 10.2. The number of fused-ring (bicyclic) bond motifs is 1. The van der Waals surface area contributed by atoms with Crippen LogP contribution < -0.4 is 20.1 Å². The van der Waals surface area contributed by atoms with E-state index in [4.69, 9.17) is 31.5 Å². The smallest absolute Gasteiger partial charge is 0.320 e. The molecule has 0 aliphatic carbocycles. The van der Waals surface area contributed by atoms with Crippen LogP contribution in [0.3, 0.4) is 0 Å². The van der Waals surface area contributed by atoms with Crippen LogP contribution in [0.2, 0.25) is 5.02 Å². The highest BCUT2D eigenvalue weighted by atomic mass is 35.5. The first-order valence-electron chi connectivity index (χ1n) is 9.89. The van der Waals surface area contributed by atoms with Crippen LogP contribution in [-0.2, 0) is 22.5 Å². The van der Waals surface area contributed by atoms with E-state index in [1.807, 2.05) is 14.1 Å². The van der Waals surface area contributed by atoms with Crippen LogP contribution in [0.1, 0.15) is 17.5 Å². The van der Waals surface area contributed by atoms with Crippen molar-refractivity contribution in [3.8, 4) is 11.9 Å². The molecule has 0 aromatic carbocycles. The summed E-state index contributed by atoms with van der Waals surface area (Å²) in [5.41, 5.74) is 7.35. The molecule has 1 amide bonds. The molecule has 11 heteroatoms. The van der Waals surface area contributed by atoms with Crippen molar-refractivity contribution < 1.29 is 19.0 Å². The monoisotopic (exact) mass is 450 g/mol. The quantitative estimate of drug-likeness (QED) is 0.509. The molecule has 2 aromatic rings. The molecular weight excluding hydrogens is 424 g/mol. The fourth-order valence-corrected chi connectivity index (χ4v) is 3.30. The van der Waals surface area contributed by atoms with Crippen molar-refractivity contribution in [2.24, 2.45) is 0 Å². The minimum atomic E-state index is -0.134. The average molecular weight is 451 g/mol. The van der Waals surface area contributed by atoms with Crippen molar-refractivity contribution >= 4 is 29.1 Å². The number of carbonyl (C=O) groups is 1. The van der Waals surface area contributed by atoms with Gasteiger partial charge in [-0.15, -0.1) is 0 Å². The summed E-state index contributed by atoms with van der Waals surface area (Å²) >= 11 is 6.34. The van der Waals surface area contributed by atoms with E-state index in [0.29, 0.717) is 35.5 Å². The van der Waals surface area contributed by atoms with E-state index in [1.165, 1.54) is 4.90 Å². The number of carbonyl (C=O) groups excluding carboxylic acids is 1. The second-order valence-electron chi connectivity index (χ2n) is 7.33. The van der Waals surface area contributed by atoms with Crippen molar-refractivity contribution in [2.75, 3.05) is 58.2 Å². The van der Waals surface area contributed by atoms with Crippen molar-refractivity contribution in [3.05, 3.63) is 28.4 Å². The third-order valence-corrected chi connectivity index (χ3v) is 4.86. The Kier molecular flexibility index (Phi) is 7.83. The fraction of sp³-hybridized carbons (Fsp3) is 0.500. The molecule has 3 rings (SSSR count). The van der Waals surface area contributed by atoms with Gasteiger partial charge in [-0.1, -0.05) is 11.6 Å². The van der Waals surface area contributed by atoms with Gasteiger partial charge in [0.2, 0.25) is 11.8 Å². The van der Waals surface area contributed by atoms with Crippen molar-refractivity contribution in [3.63, 3.8) is 0 Å². The van der Waals surface area contributed by atoms with Crippen molar-refractivity contribution in [2.45, 2.75) is 19.4 Å². The van der Waals surface area contributed by atoms with E-state index in [-0.39, 0.29) is 37.3 Å². The van der Waals surface area contributed by atoms with E-state index >= 15 is 0 Å². The number of ether oxygens (including phenoxy) is 3. The van der Waals surface area contributed by atoms with Gasteiger partial charge in [0.15, 0.2) is 0 Å². The van der Waals surface area contributed by atoms with Gasteiger partial charge in [0, 0.05) is 25.4 Å². The molecule has 1 aliphatic heterocycles. The Morgan fingerprint density at radius 3 is 2.74 bits per heavy atom. The summed E-state index contributed by atoms with van der Waals surface area (Å²) < 4.78 is 16.1. The number of nitrogens with two attached hydrogens (primary N) is 1. The number of pyridine rings is 1. The number of amides is 1. The molecule has 10 nitrogen and oxygen atoms in total. The van der Waals surface area contributed by atoms with Gasteiger partial charge in [-0.2, -0.15) is 9.97 Å². The van der Waals surface area contributed by atoms with Gasteiger partial charge in [0.05, 0.1) is 26.2 Å². The van der Waals surface area contributed by atoms with Crippen LogP contribution in [0.4, 0.5) is 11.6 Å². The zero-order valence-electron chi connectivity index (χ0n) is 17.9. The highest BCUT2D eigenvalue weighted by Gasteiger charge is 2.32. The van der Waals surface area contributed by atoms with Crippen molar-refractivity contribution in [1.82, 2.24) is 19.9 Å². The molecule has 0 fully saturated rings. The Morgan fingerprint density at radius 1 is 1.23 bits per heavy atom. The van der Waals surface area contributed by atoms with E-state index in [2.05, 4.69) is 19.9 Å². The molecule has 3 heterocycles. The highest BCUT2D eigenvalue weighted by molar-refractivity contribution is 6.31. The first-order chi connectivity index (χ1) is 14.9. The molecule has 31 heavy (non-hydrogen) atoms. The Bertz CT molecular complexity index is 927.